The molecule has 4 heterocycles. The van der Waals surface area contributed by atoms with Crippen LogP contribution in [-0.4, -0.2) is 64.9 Å². The summed E-state index contributed by atoms with van der Waals surface area (Å²) in [6, 6.07) is 7.25. The average Bonchev–Trinajstić information content (AvgIpc) is 3.14. The third-order valence-corrected chi connectivity index (χ3v) is 8.17. The predicted octanol–water partition coefficient (Wildman–Crippen LogP) is 5.58. The van der Waals surface area contributed by atoms with Crippen molar-refractivity contribution in [3.05, 3.63) is 30.2 Å². The van der Waals surface area contributed by atoms with Crippen molar-refractivity contribution < 1.29 is 14.3 Å². The molecule has 1 N–H and O–H groups in total. The molecule has 198 valence electrons. The van der Waals surface area contributed by atoms with Gasteiger partial charge in [-0.2, -0.15) is 5.26 Å². The fraction of sp³-hybridized carbons (Fsp3) is 0.556. The number of likely N-dealkylation sites (tertiary alicyclic amines) is 1. The number of nitrogens with zero attached hydrogens (tertiary/aromatic N) is 5. The van der Waals surface area contributed by atoms with Gasteiger partial charge in [0.05, 0.1) is 17.1 Å². The first-order valence-corrected chi connectivity index (χ1v) is 16.7. The van der Waals surface area contributed by atoms with Crippen LogP contribution in [0.5, 0.6) is 0 Å². The molecule has 0 aliphatic carbocycles. The van der Waals surface area contributed by atoms with Gasteiger partial charge in [0, 0.05) is 51.1 Å². The first-order chi connectivity index (χ1) is 17.4. The number of carbonyl (C=O) groups excluding carboxylic acids is 1. The molecule has 0 aromatic carbocycles. The predicted molar refractivity (Wildman–Crippen MR) is 148 cm³/mol. The van der Waals surface area contributed by atoms with Crippen LogP contribution in [0.2, 0.25) is 25.7 Å². The number of rotatable bonds is 7. The second kappa shape index (κ2) is 10.7. The summed E-state index contributed by atoms with van der Waals surface area (Å²) < 4.78 is 13.7. The highest BCUT2D eigenvalue weighted by Gasteiger charge is 2.27. The zero-order valence-electron chi connectivity index (χ0n) is 22.8. The van der Waals surface area contributed by atoms with Gasteiger partial charge in [-0.1, -0.05) is 19.6 Å². The Bertz CT molecular complexity index is 1310. The van der Waals surface area contributed by atoms with Crippen LogP contribution in [0.1, 0.15) is 39.3 Å². The Kier molecular flexibility index (Phi) is 7.76. The van der Waals surface area contributed by atoms with Crippen molar-refractivity contribution in [2.75, 3.05) is 25.0 Å². The van der Waals surface area contributed by atoms with E-state index < -0.39 is 13.7 Å². The Balaban J connectivity index is 1.57. The van der Waals surface area contributed by atoms with E-state index in [0.29, 0.717) is 32.1 Å². The Morgan fingerprint density at radius 1 is 1.24 bits per heavy atom. The van der Waals surface area contributed by atoms with Crippen molar-refractivity contribution in [1.82, 2.24) is 19.4 Å². The summed E-state index contributed by atoms with van der Waals surface area (Å²) in [6.45, 7) is 15.0. The summed E-state index contributed by atoms with van der Waals surface area (Å²) in [5, 5.41) is 15.1. The molecule has 1 amide bonds. The van der Waals surface area contributed by atoms with Gasteiger partial charge in [0.1, 0.15) is 29.7 Å². The molecule has 3 aromatic heterocycles. The number of nitrogens with one attached hydrogen (secondary N) is 1. The zero-order chi connectivity index (χ0) is 26.8. The van der Waals surface area contributed by atoms with Gasteiger partial charge in [-0.15, -0.1) is 0 Å². The smallest absolute Gasteiger partial charge is 0.410 e. The quantitative estimate of drug-likeness (QED) is 0.319. The number of amides is 1. The van der Waals surface area contributed by atoms with Crippen LogP contribution in [0.4, 0.5) is 10.5 Å². The summed E-state index contributed by atoms with van der Waals surface area (Å²) in [4.78, 5) is 23.2. The van der Waals surface area contributed by atoms with E-state index in [1.54, 1.807) is 17.3 Å². The molecule has 0 spiro atoms. The minimum Gasteiger partial charge on any atom is -0.444 e. The van der Waals surface area contributed by atoms with E-state index in [0.717, 1.165) is 46.5 Å². The fourth-order valence-corrected chi connectivity index (χ4v) is 5.25. The van der Waals surface area contributed by atoms with Gasteiger partial charge < -0.3 is 19.7 Å². The van der Waals surface area contributed by atoms with Gasteiger partial charge in [-0.3, -0.25) is 4.57 Å². The molecule has 1 fully saturated rings. The molecular formula is C27H38N6O3Si. The van der Waals surface area contributed by atoms with Crippen LogP contribution < -0.4 is 5.32 Å². The lowest BCUT2D eigenvalue weighted by atomic mass is 10.0. The number of anilines is 1. The van der Waals surface area contributed by atoms with E-state index >= 15 is 0 Å². The van der Waals surface area contributed by atoms with Crippen molar-refractivity contribution in [3.63, 3.8) is 0 Å². The van der Waals surface area contributed by atoms with Gasteiger partial charge in [0.2, 0.25) is 0 Å². The Morgan fingerprint density at radius 2 is 1.97 bits per heavy atom. The highest BCUT2D eigenvalue weighted by atomic mass is 28.3. The topological polar surface area (TPSA) is 105 Å². The van der Waals surface area contributed by atoms with Crippen molar-refractivity contribution in [1.29, 1.82) is 5.26 Å². The first-order valence-electron chi connectivity index (χ1n) is 12.9. The maximum Gasteiger partial charge on any atom is 0.410 e. The number of ether oxygens (including phenoxy) is 2. The largest absolute Gasteiger partial charge is 0.444 e. The third kappa shape index (κ3) is 6.59. The number of hydrogen-bond donors (Lipinski definition) is 1. The summed E-state index contributed by atoms with van der Waals surface area (Å²) in [5.74, 6) is 0. The summed E-state index contributed by atoms with van der Waals surface area (Å²) in [6.07, 6.45) is 4.90. The third-order valence-electron chi connectivity index (χ3n) is 6.47. The lowest BCUT2D eigenvalue weighted by molar-refractivity contribution is 0.0210. The second-order valence-electron chi connectivity index (χ2n) is 11.9. The maximum absolute atomic E-state index is 12.5. The van der Waals surface area contributed by atoms with Gasteiger partial charge in [-0.25, -0.2) is 14.8 Å². The number of pyridine rings is 2. The van der Waals surface area contributed by atoms with E-state index in [1.807, 2.05) is 37.5 Å². The van der Waals surface area contributed by atoms with E-state index in [2.05, 4.69) is 36.0 Å². The van der Waals surface area contributed by atoms with Crippen LogP contribution >= 0.6 is 0 Å². The van der Waals surface area contributed by atoms with Crippen LogP contribution in [0.25, 0.3) is 21.9 Å². The summed E-state index contributed by atoms with van der Waals surface area (Å²) in [7, 11) is -1.20. The molecule has 1 aliphatic heterocycles. The first kappa shape index (κ1) is 26.9. The Morgan fingerprint density at radius 3 is 2.62 bits per heavy atom. The standard InChI is InChI=1S/C27H38N6O3Si/c1-27(2,3)36-26(34)32-11-8-19(9-12-32)31-22-7-10-29-25-24(22)21-15-20(16-28)30-17-23(21)33(25)18-35-13-14-37(4,5)6/h7,10,15,17,19H,8-9,11-14,18H2,1-6H3,(H,29,31). The van der Waals surface area contributed by atoms with Gasteiger partial charge >= 0.3 is 6.09 Å². The lowest BCUT2D eigenvalue weighted by Crippen LogP contribution is -2.44. The van der Waals surface area contributed by atoms with Crippen molar-refractivity contribution in [2.24, 2.45) is 0 Å². The highest BCUT2D eigenvalue weighted by molar-refractivity contribution is 6.76. The SMILES string of the molecule is CC(C)(C)OC(=O)N1CCC(Nc2ccnc3c2c2cc(C#N)ncc2n3COCC[Si](C)(C)C)CC1. The van der Waals surface area contributed by atoms with Crippen LogP contribution in [0, 0.1) is 11.3 Å². The van der Waals surface area contributed by atoms with Crippen LogP contribution in [-0.2, 0) is 16.2 Å². The van der Waals surface area contributed by atoms with Gasteiger partial charge in [0.15, 0.2) is 0 Å². The zero-order valence-corrected chi connectivity index (χ0v) is 23.8. The highest BCUT2D eigenvalue weighted by Crippen LogP contribution is 2.34. The molecule has 0 saturated carbocycles. The minimum absolute atomic E-state index is 0.202. The number of carbonyl (C=O) groups is 1. The molecule has 3 aromatic rings. The molecule has 4 rings (SSSR count). The summed E-state index contributed by atoms with van der Waals surface area (Å²) in [5.41, 5.74) is 2.52. The molecule has 1 saturated heterocycles. The molecule has 0 atom stereocenters. The molecule has 10 heteroatoms. The van der Waals surface area contributed by atoms with E-state index in [-0.39, 0.29) is 12.1 Å². The van der Waals surface area contributed by atoms with Gasteiger partial charge in [-0.05, 0) is 51.8 Å². The minimum atomic E-state index is -1.20. The van der Waals surface area contributed by atoms with Crippen molar-refractivity contribution in [3.8, 4) is 6.07 Å². The van der Waals surface area contributed by atoms with Crippen LogP contribution in [0.3, 0.4) is 0 Å². The normalized spacial score (nSPS) is 15.2. The summed E-state index contributed by atoms with van der Waals surface area (Å²) >= 11 is 0. The number of nitriles is 1. The number of aromatic nitrogens is 3. The monoisotopic (exact) mass is 522 g/mol. The van der Waals surface area contributed by atoms with Gasteiger partial charge in [0.25, 0.3) is 0 Å². The Hall–Kier alpha value is -3.16. The lowest BCUT2D eigenvalue weighted by Gasteiger charge is -2.34. The molecule has 0 radical (unpaired) electrons. The van der Waals surface area contributed by atoms with E-state index in [1.165, 1.54) is 0 Å². The number of piperidine rings is 1. The molecule has 37 heavy (non-hydrogen) atoms. The average molecular weight is 523 g/mol. The van der Waals surface area contributed by atoms with Crippen molar-refractivity contribution >= 4 is 41.8 Å². The number of fused-ring (bicyclic) bond motifs is 3. The molecule has 9 nitrogen and oxygen atoms in total. The maximum atomic E-state index is 12.5. The molecule has 0 bridgehead atoms. The van der Waals surface area contributed by atoms with Crippen molar-refractivity contribution in [2.45, 2.75) is 77.7 Å². The fourth-order valence-electron chi connectivity index (χ4n) is 4.50. The Labute approximate surface area is 219 Å². The van der Waals surface area contributed by atoms with E-state index in [9.17, 15) is 10.1 Å². The molecule has 0 unspecified atom stereocenters. The molecular weight excluding hydrogens is 484 g/mol. The number of hydrogen-bond acceptors (Lipinski definition) is 7. The molecule has 1 aliphatic rings. The second-order valence-corrected chi connectivity index (χ2v) is 17.5. The van der Waals surface area contributed by atoms with Crippen LogP contribution in [0.15, 0.2) is 24.5 Å². The van der Waals surface area contributed by atoms with E-state index in [4.69, 9.17) is 14.5 Å².